The summed E-state index contributed by atoms with van der Waals surface area (Å²) in [6.45, 7) is 1.69. The van der Waals surface area contributed by atoms with Crippen molar-refractivity contribution in [3.05, 3.63) is 65.0 Å². The van der Waals surface area contributed by atoms with Crippen molar-refractivity contribution >= 4 is 0 Å². The lowest BCUT2D eigenvalue weighted by Crippen LogP contribution is -2.20. The monoisotopic (exact) mass is 281 g/mol. The van der Waals surface area contributed by atoms with Gasteiger partial charge in [0.2, 0.25) is 0 Å². The van der Waals surface area contributed by atoms with Gasteiger partial charge in [-0.05, 0) is 37.3 Å². The van der Waals surface area contributed by atoms with Gasteiger partial charge in [-0.1, -0.05) is 6.07 Å². The second-order valence-electron chi connectivity index (χ2n) is 4.51. The Balaban J connectivity index is 2.13. The number of phenolic OH excluding ortho intramolecular Hbond substituents is 1. The van der Waals surface area contributed by atoms with Crippen LogP contribution in [0.2, 0.25) is 0 Å². The van der Waals surface area contributed by atoms with E-state index in [4.69, 9.17) is 0 Å². The van der Waals surface area contributed by atoms with Gasteiger partial charge in [-0.25, -0.2) is 13.2 Å². The summed E-state index contributed by atoms with van der Waals surface area (Å²) in [5.74, 6) is -1.84. The maximum absolute atomic E-state index is 13.6. The number of benzene rings is 2. The normalized spacial score (nSPS) is 12.4. The average Bonchev–Trinajstić information content (AvgIpc) is 2.39. The van der Waals surface area contributed by atoms with Crippen LogP contribution in [-0.4, -0.2) is 5.11 Å². The average molecular weight is 281 g/mol. The summed E-state index contributed by atoms with van der Waals surface area (Å²) < 4.78 is 40.2. The standard InChI is InChI=1S/C15H14F3NO/c1-9(15-12(17)3-2-4-13(15)18)19-8-10-7-11(16)5-6-14(10)20/h2-7,9,19-20H,8H2,1H3. The number of halogens is 3. The Hall–Kier alpha value is -2.01. The predicted octanol–water partition coefficient (Wildman–Crippen LogP) is 3.66. The van der Waals surface area contributed by atoms with Crippen LogP contribution < -0.4 is 5.32 Å². The molecule has 2 nitrogen and oxygen atoms in total. The van der Waals surface area contributed by atoms with Crippen molar-refractivity contribution < 1.29 is 18.3 Å². The van der Waals surface area contributed by atoms with E-state index in [2.05, 4.69) is 5.32 Å². The Morgan fingerprint density at radius 2 is 1.75 bits per heavy atom. The molecular weight excluding hydrogens is 267 g/mol. The molecule has 2 aromatic carbocycles. The molecule has 2 rings (SSSR count). The van der Waals surface area contributed by atoms with E-state index >= 15 is 0 Å². The highest BCUT2D eigenvalue weighted by molar-refractivity contribution is 5.32. The Kier molecular flexibility index (Phi) is 4.29. The molecule has 5 heteroatoms. The fraction of sp³-hybridized carbons (Fsp3) is 0.200. The van der Waals surface area contributed by atoms with Crippen molar-refractivity contribution in [2.24, 2.45) is 0 Å². The van der Waals surface area contributed by atoms with E-state index in [1.54, 1.807) is 6.92 Å². The summed E-state index contributed by atoms with van der Waals surface area (Å²) >= 11 is 0. The second-order valence-corrected chi connectivity index (χ2v) is 4.51. The molecule has 0 fully saturated rings. The van der Waals surface area contributed by atoms with E-state index in [0.29, 0.717) is 5.56 Å². The van der Waals surface area contributed by atoms with Gasteiger partial charge in [0.25, 0.3) is 0 Å². The molecule has 2 aromatic rings. The van der Waals surface area contributed by atoms with E-state index in [-0.39, 0.29) is 17.9 Å². The third-order valence-corrected chi connectivity index (χ3v) is 3.07. The van der Waals surface area contributed by atoms with Crippen LogP contribution in [0.3, 0.4) is 0 Å². The molecule has 0 bridgehead atoms. The van der Waals surface area contributed by atoms with Crippen LogP contribution in [0.1, 0.15) is 24.1 Å². The Morgan fingerprint density at radius 3 is 2.40 bits per heavy atom. The van der Waals surface area contributed by atoms with Gasteiger partial charge in [0.1, 0.15) is 23.2 Å². The molecule has 0 radical (unpaired) electrons. The third kappa shape index (κ3) is 3.11. The first kappa shape index (κ1) is 14.4. The maximum Gasteiger partial charge on any atom is 0.130 e. The van der Waals surface area contributed by atoms with Crippen LogP contribution in [-0.2, 0) is 6.54 Å². The molecular formula is C15H14F3NO. The quantitative estimate of drug-likeness (QED) is 0.896. The zero-order chi connectivity index (χ0) is 14.7. The fourth-order valence-corrected chi connectivity index (χ4v) is 1.99. The van der Waals surface area contributed by atoms with Gasteiger partial charge >= 0.3 is 0 Å². The van der Waals surface area contributed by atoms with E-state index in [1.165, 1.54) is 30.3 Å². The number of hydrogen-bond donors (Lipinski definition) is 2. The van der Waals surface area contributed by atoms with Crippen molar-refractivity contribution in [2.45, 2.75) is 19.5 Å². The number of rotatable bonds is 4. The molecule has 0 heterocycles. The van der Waals surface area contributed by atoms with Crippen molar-refractivity contribution in [1.82, 2.24) is 5.32 Å². The molecule has 1 atom stereocenters. The highest BCUT2D eigenvalue weighted by Gasteiger charge is 2.16. The van der Waals surface area contributed by atoms with E-state index in [9.17, 15) is 18.3 Å². The Bertz CT molecular complexity index is 596. The summed E-state index contributed by atoms with van der Waals surface area (Å²) in [5.41, 5.74) is 0.247. The first-order valence-corrected chi connectivity index (χ1v) is 6.13. The summed E-state index contributed by atoms with van der Waals surface area (Å²) in [6.07, 6.45) is 0. The summed E-state index contributed by atoms with van der Waals surface area (Å²) in [5, 5.41) is 12.4. The van der Waals surface area contributed by atoms with Crippen LogP contribution in [0.15, 0.2) is 36.4 Å². The number of hydrogen-bond acceptors (Lipinski definition) is 2. The number of nitrogens with one attached hydrogen (secondary N) is 1. The zero-order valence-electron chi connectivity index (χ0n) is 10.8. The van der Waals surface area contributed by atoms with Gasteiger partial charge in [-0.3, -0.25) is 0 Å². The van der Waals surface area contributed by atoms with E-state index in [0.717, 1.165) is 6.07 Å². The minimum absolute atomic E-state index is 0.0693. The van der Waals surface area contributed by atoms with Gasteiger partial charge in [0, 0.05) is 23.7 Å². The minimum atomic E-state index is -0.645. The number of phenols is 1. The fourth-order valence-electron chi connectivity index (χ4n) is 1.99. The highest BCUT2D eigenvalue weighted by Crippen LogP contribution is 2.22. The van der Waals surface area contributed by atoms with Crippen molar-refractivity contribution in [2.75, 3.05) is 0 Å². The number of aromatic hydroxyl groups is 1. The zero-order valence-corrected chi connectivity index (χ0v) is 10.8. The van der Waals surface area contributed by atoms with Crippen molar-refractivity contribution in [3.63, 3.8) is 0 Å². The lowest BCUT2D eigenvalue weighted by atomic mass is 10.1. The largest absolute Gasteiger partial charge is 0.508 e. The summed E-state index contributed by atoms with van der Waals surface area (Å²) in [7, 11) is 0. The van der Waals surface area contributed by atoms with Gasteiger partial charge in [-0.2, -0.15) is 0 Å². The maximum atomic E-state index is 13.6. The van der Waals surface area contributed by atoms with Crippen LogP contribution in [0.5, 0.6) is 5.75 Å². The molecule has 20 heavy (non-hydrogen) atoms. The molecule has 1 unspecified atom stereocenters. The van der Waals surface area contributed by atoms with Crippen molar-refractivity contribution in [1.29, 1.82) is 0 Å². The SMILES string of the molecule is CC(NCc1cc(F)ccc1O)c1c(F)cccc1F. The third-order valence-electron chi connectivity index (χ3n) is 3.07. The molecule has 0 amide bonds. The molecule has 0 aliphatic rings. The Morgan fingerprint density at radius 1 is 1.10 bits per heavy atom. The van der Waals surface area contributed by atoms with E-state index in [1.807, 2.05) is 0 Å². The Labute approximate surface area is 114 Å². The first-order chi connectivity index (χ1) is 9.49. The lowest BCUT2D eigenvalue weighted by molar-refractivity contribution is 0.451. The molecule has 0 saturated carbocycles. The summed E-state index contributed by atoms with van der Waals surface area (Å²) in [4.78, 5) is 0. The van der Waals surface area contributed by atoms with Gasteiger partial charge < -0.3 is 10.4 Å². The second kappa shape index (κ2) is 5.96. The predicted molar refractivity (Wildman–Crippen MR) is 69.7 cm³/mol. The molecule has 106 valence electrons. The smallest absolute Gasteiger partial charge is 0.130 e. The van der Waals surface area contributed by atoms with Gasteiger partial charge in [0.15, 0.2) is 0 Å². The van der Waals surface area contributed by atoms with Crippen molar-refractivity contribution in [3.8, 4) is 5.75 Å². The lowest BCUT2D eigenvalue weighted by Gasteiger charge is -2.16. The molecule has 0 aliphatic heterocycles. The molecule has 0 saturated heterocycles. The summed E-state index contributed by atoms with van der Waals surface area (Å²) in [6, 6.07) is 6.58. The topological polar surface area (TPSA) is 32.3 Å². The van der Waals surface area contributed by atoms with Crippen LogP contribution in [0.25, 0.3) is 0 Å². The van der Waals surface area contributed by atoms with Crippen LogP contribution >= 0.6 is 0 Å². The molecule has 0 aliphatic carbocycles. The first-order valence-electron chi connectivity index (χ1n) is 6.13. The molecule has 2 N–H and O–H groups in total. The van der Waals surface area contributed by atoms with E-state index < -0.39 is 23.5 Å². The van der Waals surface area contributed by atoms with Gasteiger partial charge in [-0.15, -0.1) is 0 Å². The highest BCUT2D eigenvalue weighted by atomic mass is 19.1. The molecule has 0 spiro atoms. The minimum Gasteiger partial charge on any atom is -0.508 e. The van der Waals surface area contributed by atoms with Crippen LogP contribution in [0.4, 0.5) is 13.2 Å². The molecule has 0 aromatic heterocycles. The van der Waals surface area contributed by atoms with Gasteiger partial charge in [0.05, 0.1) is 0 Å². The van der Waals surface area contributed by atoms with Crippen LogP contribution in [0, 0.1) is 17.5 Å².